The second-order valence-corrected chi connectivity index (χ2v) is 5.48. The summed E-state index contributed by atoms with van der Waals surface area (Å²) in [6.45, 7) is 10.3. The average Bonchev–Trinajstić information content (AvgIpc) is 2.37. The van der Waals surface area contributed by atoms with Gasteiger partial charge in [-0.2, -0.15) is 0 Å². The average molecular weight is 264 g/mol. The minimum atomic E-state index is 0.507. The van der Waals surface area contributed by atoms with Gasteiger partial charge in [-0.25, -0.2) is 15.8 Å². The Kier molecular flexibility index (Phi) is 3.91. The van der Waals surface area contributed by atoms with Gasteiger partial charge in [0.2, 0.25) is 0 Å². The summed E-state index contributed by atoms with van der Waals surface area (Å²) in [4.78, 5) is 13.7. The van der Waals surface area contributed by atoms with Gasteiger partial charge >= 0.3 is 0 Å². The number of hydrogen-bond acceptors (Lipinski definition) is 6. The molecule has 0 aliphatic carbocycles. The lowest BCUT2D eigenvalue weighted by Gasteiger charge is -2.43. The summed E-state index contributed by atoms with van der Waals surface area (Å²) in [5, 5.41) is 0. The van der Waals surface area contributed by atoms with Crippen molar-refractivity contribution in [2.45, 2.75) is 39.8 Å². The lowest BCUT2D eigenvalue weighted by molar-refractivity contribution is 0.169. The Morgan fingerprint density at radius 2 is 1.74 bits per heavy atom. The largest absolute Gasteiger partial charge is 0.353 e. The third-order valence-electron chi connectivity index (χ3n) is 4.03. The number of nitrogens with two attached hydrogens (primary N) is 1. The van der Waals surface area contributed by atoms with Crippen molar-refractivity contribution < 1.29 is 0 Å². The van der Waals surface area contributed by atoms with Crippen molar-refractivity contribution in [1.29, 1.82) is 0 Å². The van der Waals surface area contributed by atoms with Crippen LogP contribution in [0.25, 0.3) is 0 Å². The zero-order chi connectivity index (χ0) is 14.2. The van der Waals surface area contributed by atoms with Crippen LogP contribution in [0.3, 0.4) is 0 Å². The molecule has 0 radical (unpaired) electrons. The minimum absolute atomic E-state index is 0.507. The van der Waals surface area contributed by atoms with Crippen molar-refractivity contribution in [3.8, 4) is 0 Å². The molecule has 1 aromatic heterocycles. The SMILES string of the molecule is Cc1nc(NN)c(C)c(N2CC(C)N(C)C(C)C2)n1. The van der Waals surface area contributed by atoms with Gasteiger partial charge in [-0.3, -0.25) is 4.90 Å². The molecular weight excluding hydrogens is 240 g/mol. The van der Waals surface area contributed by atoms with Crippen LogP contribution in [0.4, 0.5) is 11.6 Å². The summed E-state index contributed by atoms with van der Waals surface area (Å²) in [6.07, 6.45) is 0. The van der Waals surface area contributed by atoms with Crippen LogP contribution in [0.2, 0.25) is 0 Å². The predicted molar refractivity (Wildman–Crippen MR) is 78.2 cm³/mol. The number of piperazine rings is 1. The highest BCUT2D eigenvalue weighted by Crippen LogP contribution is 2.26. The van der Waals surface area contributed by atoms with Gasteiger partial charge in [-0.1, -0.05) is 0 Å². The first-order valence-corrected chi connectivity index (χ1v) is 6.72. The molecular formula is C13H24N6. The Labute approximate surface area is 115 Å². The van der Waals surface area contributed by atoms with Gasteiger partial charge in [0.05, 0.1) is 0 Å². The third-order valence-corrected chi connectivity index (χ3v) is 4.03. The minimum Gasteiger partial charge on any atom is -0.353 e. The highest BCUT2D eigenvalue weighted by atomic mass is 15.3. The van der Waals surface area contributed by atoms with E-state index in [1.807, 2.05) is 13.8 Å². The number of anilines is 2. The fourth-order valence-electron chi connectivity index (χ4n) is 2.64. The number of aryl methyl sites for hydroxylation is 1. The topological polar surface area (TPSA) is 70.3 Å². The van der Waals surface area contributed by atoms with Crippen LogP contribution in [0.15, 0.2) is 0 Å². The molecule has 0 aromatic carbocycles. The van der Waals surface area contributed by atoms with Gasteiger partial charge in [-0.15, -0.1) is 0 Å². The van der Waals surface area contributed by atoms with Crippen LogP contribution >= 0.6 is 0 Å². The number of hydrogen-bond donors (Lipinski definition) is 2. The van der Waals surface area contributed by atoms with E-state index in [1.54, 1.807) is 0 Å². The van der Waals surface area contributed by atoms with Crippen LogP contribution in [-0.4, -0.2) is 47.1 Å². The molecule has 0 amide bonds. The van der Waals surface area contributed by atoms with Crippen LogP contribution in [0, 0.1) is 13.8 Å². The van der Waals surface area contributed by atoms with Crippen LogP contribution < -0.4 is 16.2 Å². The van der Waals surface area contributed by atoms with E-state index in [2.05, 4.69) is 46.1 Å². The number of likely N-dealkylation sites (N-methyl/N-ethyl adjacent to an activating group) is 1. The first-order chi connectivity index (χ1) is 8.93. The maximum absolute atomic E-state index is 5.53. The number of nitrogens with one attached hydrogen (secondary N) is 1. The van der Waals surface area contributed by atoms with Crippen molar-refractivity contribution >= 4 is 11.6 Å². The molecule has 1 fully saturated rings. The quantitative estimate of drug-likeness (QED) is 0.611. The van der Waals surface area contributed by atoms with E-state index < -0.39 is 0 Å². The van der Waals surface area contributed by atoms with Gasteiger partial charge in [0.15, 0.2) is 0 Å². The zero-order valence-corrected chi connectivity index (χ0v) is 12.4. The Bertz CT molecular complexity index is 449. The van der Waals surface area contributed by atoms with Crippen molar-refractivity contribution in [2.24, 2.45) is 5.84 Å². The van der Waals surface area contributed by atoms with Gasteiger partial charge in [0.1, 0.15) is 17.5 Å². The molecule has 1 aliphatic heterocycles. The number of rotatable bonds is 2. The normalized spacial score (nSPS) is 24.6. The Balaban J connectivity index is 2.34. The standard InChI is InChI=1S/C13H24N6/c1-8-6-19(7-9(2)18(8)5)13-10(3)12(17-14)15-11(4)16-13/h8-9H,6-7,14H2,1-5H3,(H,15,16,17). The molecule has 1 aliphatic rings. The number of nitrogens with zero attached hydrogens (tertiary/aromatic N) is 4. The summed E-state index contributed by atoms with van der Waals surface area (Å²) in [7, 11) is 2.18. The second kappa shape index (κ2) is 5.30. The maximum atomic E-state index is 5.53. The van der Waals surface area contributed by atoms with Crippen molar-refractivity contribution in [1.82, 2.24) is 14.9 Å². The van der Waals surface area contributed by atoms with Crippen LogP contribution in [0.5, 0.6) is 0 Å². The van der Waals surface area contributed by atoms with E-state index >= 15 is 0 Å². The molecule has 2 heterocycles. The first-order valence-electron chi connectivity index (χ1n) is 6.72. The summed E-state index contributed by atoms with van der Waals surface area (Å²) in [5.74, 6) is 7.97. The third kappa shape index (κ3) is 2.64. The number of aromatic nitrogens is 2. The van der Waals surface area contributed by atoms with E-state index in [0.29, 0.717) is 17.9 Å². The molecule has 106 valence electrons. The molecule has 0 bridgehead atoms. The Hall–Kier alpha value is -1.40. The van der Waals surface area contributed by atoms with Crippen LogP contribution in [-0.2, 0) is 0 Å². The smallest absolute Gasteiger partial charge is 0.148 e. The Morgan fingerprint density at radius 1 is 1.16 bits per heavy atom. The van der Waals surface area contributed by atoms with Gasteiger partial charge in [-0.05, 0) is 34.7 Å². The van der Waals surface area contributed by atoms with Crippen molar-refractivity contribution in [2.75, 3.05) is 30.5 Å². The fraction of sp³-hybridized carbons (Fsp3) is 0.692. The highest BCUT2D eigenvalue weighted by molar-refractivity contribution is 5.58. The molecule has 0 spiro atoms. The molecule has 2 unspecified atom stereocenters. The lowest BCUT2D eigenvalue weighted by Crippen LogP contribution is -2.55. The number of nitrogen functional groups attached to an aromatic ring is 1. The predicted octanol–water partition coefficient (Wildman–Crippen LogP) is 0.908. The molecule has 6 nitrogen and oxygen atoms in total. The lowest BCUT2D eigenvalue weighted by atomic mass is 10.1. The summed E-state index contributed by atoms with van der Waals surface area (Å²) in [6, 6.07) is 1.01. The fourth-order valence-corrected chi connectivity index (χ4v) is 2.64. The highest BCUT2D eigenvalue weighted by Gasteiger charge is 2.28. The summed E-state index contributed by atoms with van der Waals surface area (Å²) < 4.78 is 0. The zero-order valence-electron chi connectivity index (χ0n) is 12.4. The van der Waals surface area contributed by atoms with Crippen molar-refractivity contribution in [3.63, 3.8) is 0 Å². The maximum Gasteiger partial charge on any atom is 0.148 e. The monoisotopic (exact) mass is 264 g/mol. The molecule has 2 atom stereocenters. The molecule has 6 heteroatoms. The van der Waals surface area contributed by atoms with E-state index in [-0.39, 0.29) is 0 Å². The molecule has 2 rings (SSSR count). The molecule has 3 N–H and O–H groups in total. The molecule has 19 heavy (non-hydrogen) atoms. The molecule has 0 saturated carbocycles. The van der Waals surface area contributed by atoms with E-state index in [1.165, 1.54) is 0 Å². The van der Waals surface area contributed by atoms with E-state index in [4.69, 9.17) is 5.84 Å². The molecule has 1 saturated heterocycles. The second-order valence-electron chi connectivity index (χ2n) is 5.48. The van der Waals surface area contributed by atoms with Crippen molar-refractivity contribution in [3.05, 3.63) is 11.4 Å². The summed E-state index contributed by atoms with van der Waals surface area (Å²) in [5.41, 5.74) is 3.67. The van der Waals surface area contributed by atoms with E-state index in [9.17, 15) is 0 Å². The first kappa shape index (κ1) is 14.0. The van der Waals surface area contributed by atoms with E-state index in [0.717, 1.165) is 30.3 Å². The molecule has 1 aromatic rings. The Morgan fingerprint density at radius 3 is 2.26 bits per heavy atom. The summed E-state index contributed by atoms with van der Waals surface area (Å²) >= 11 is 0. The van der Waals surface area contributed by atoms with Gasteiger partial charge < -0.3 is 10.3 Å². The van der Waals surface area contributed by atoms with Gasteiger partial charge in [0.25, 0.3) is 0 Å². The van der Waals surface area contributed by atoms with Gasteiger partial charge in [0, 0.05) is 30.7 Å². The number of hydrazine groups is 1. The van der Waals surface area contributed by atoms with Crippen LogP contribution in [0.1, 0.15) is 25.2 Å².